The van der Waals surface area contributed by atoms with Crippen LogP contribution in [0.5, 0.6) is 0 Å². The highest BCUT2D eigenvalue weighted by Crippen LogP contribution is 2.36. The van der Waals surface area contributed by atoms with Crippen molar-refractivity contribution in [2.75, 3.05) is 39.5 Å². The van der Waals surface area contributed by atoms with E-state index in [4.69, 9.17) is 9.47 Å². The van der Waals surface area contributed by atoms with Crippen LogP contribution >= 0.6 is 0 Å². The summed E-state index contributed by atoms with van der Waals surface area (Å²) in [4.78, 5) is 15.1. The number of hydrogen-bond donors (Lipinski definition) is 1. The Hall–Kier alpha value is -1.50. The molecular formula is C22H31FN2O3. The summed E-state index contributed by atoms with van der Waals surface area (Å²) in [6.07, 6.45) is 6.42. The maximum atomic E-state index is 13.4. The second kappa shape index (κ2) is 8.89. The average molecular weight is 390 g/mol. The van der Waals surface area contributed by atoms with Crippen molar-refractivity contribution in [3.63, 3.8) is 0 Å². The molecule has 4 rings (SSSR count). The fourth-order valence-electron chi connectivity index (χ4n) is 4.96. The van der Waals surface area contributed by atoms with Crippen LogP contribution in [0.4, 0.5) is 4.39 Å². The number of nitrogens with zero attached hydrogens (tertiary/aromatic N) is 1. The molecule has 0 bridgehead atoms. The molecule has 5 nitrogen and oxygen atoms in total. The summed E-state index contributed by atoms with van der Waals surface area (Å²) in [5.74, 6) is 0.238. The van der Waals surface area contributed by atoms with Crippen molar-refractivity contribution < 1.29 is 18.7 Å². The smallest absolute Gasteiger partial charge is 0.234 e. The van der Waals surface area contributed by atoms with Gasteiger partial charge < -0.3 is 14.8 Å². The number of amides is 1. The zero-order chi connectivity index (χ0) is 19.4. The lowest BCUT2D eigenvalue weighted by Gasteiger charge is -2.44. The topological polar surface area (TPSA) is 50.8 Å². The second-order valence-electron chi connectivity index (χ2n) is 8.50. The van der Waals surface area contributed by atoms with Crippen molar-refractivity contribution in [1.82, 2.24) is 10.2 Å². The molecular weight excluding hydrogens is 359 g/mol. The van der Waals surface area contributed by atoms with E-state index in [2.05, 4.69) is 10.2 Å². The lowest BCUT2D eigenvalue weighted by molar-refractivity contribution is -0.156. The Morgan fingerprint density at radius 3 is 2.61 bits per heavy atom. The van der Waals surface area contributed by atoms with E-state index in [0.717, 1.165) is 57.6 Å². The molecule has 1 aromatic rings. The lowest BCUT2D eigenvalue weighted by atomic mass is 9.91. The van der Waals surface area contributed by atoms with E-state index in [-0.39, 0.29) is 23.4 Å². The Balaban J connectivity index is 1.39. The highest BCUT2D eigenvalue weighted by molar-refractivity contribution is 5.78. The van der Waals surface area contributed by atoms with E-state index in [1.54, 1.807) is 0 Å². The van der Waals surface area contributed by atoms with Crippen molar-refractivity contribution in [3.05, 3.63) is 35.6 Å². The van der Waals surface area contributed by atoms with Crippen LogP contribution in [0.25, 0.3) is 0 Å². The molecule has 0 radical (unpaired) electrons. The maximum absolute atomic E-state index is 13.4. The number of halogens is 1. The number of morpholine rings is 1. The highest BCUT2D eigenvalue weighted by Gasteiger charge is 2.39. The first-order valence-corrected chi connectivity index (χ1v) is 10.6. The molecule has 2 heterocycles. The van der Waals surface area contributed by atoms with Gasteiger partial charge in [-0.15, -0.1) is 0 Å². The van der Waals surface area contributed by atoms with Crippen LogP contribution in [0.1, 0.15) is 50.1 Å². The lowest BCUT2D eigenvalue weighted by Crippen LogP contribution is -2.56. The van der Waals surface area contributed by atoms with Crippen molar-refractivity contribution in [3.8, 4) is 0 Å². The number of hydrogen-bond acceptors (Lipinski definition) is 4. The van der Waals surface area contributed by atoms with Gasteiger partial charge in [0.1, 0.15) is 5.82 Å². The van der Waals surface area contributed by atoms with Crippen LogP contribution in [0.15, 0.2) is 24.3 Å². The van der Waals surface area contributed by atoms with Crippen LogP contribution in [-0.4, -0.2) is 55.9 Å². The minimum Gasteiger partial charge on any atom is -0.381 e. The molecule has 2 aliphatic heterocycles. The van der Waals surface area contributed by atoms with Gasteiger partial charge in [-0.25, -0.2) is 4.39 Å². The normalized spacial score (nSPS) is 24.3. The predicted octanol–water partition coefficient (Wildman–Crippen LogP) is 3.05. The van der Waals surface area contributed by atoms with Crippen molar-refractivity contribution in [2.24, 2.45) is 5.92 Å². The van der Waals surface area contributed by atoms with Gasteiger partial charge in [-0.3, -0.25) is 9.69 Å². The van der Waals surface area contributed by atoms with E-state index in [0.29, 0.717) is 19.1 Å². The number of benzene rings is 1. The maximum Gasteiger partial charge on any atom is 0.234 e. The molecule has 1 aromatic carbocycles. The fraction of sp³-hybridized carbons (Fsp3) is 0.682. The molecule has 1 saturated carbocycles. The molecule has 1 N–H and O–H groups in total. The quantitative estimate of drug-likeness (QED) is 0.840. The molecule has 1 amide bonds. The molecule has 1 aliphatic carbocycles. The summed E-state index contributed by atoms with van der Waals surface area (Å²) < 4.78 is 24.9. The second-order valence-corrected chi connectivity index (χ2v) is 8.50. The molecule has 3 fully saturated rings. The Morgan fingerprint density at radius 2 is 1.89 bits per heavy atom. The molecule has 1 atom stereocenters. The third kappa shape index (κ3) is 4.73. The minimum atomic E-state index is -0.240. The van der Waals surface area contributed by atoms with Crippen LogP contribution in [0.3, 0.4) is 0 Å². The van der Waals surface area contributed by atoms with E-state index in [9.17, 15) is 9.18 Å². The summed E-state index contributed by atoms with van der Waals surface area (Å²) in [5, 5.41) is 3.26. The Kier molecular flexibility index (Phi) is 6.28. The minimum absolute atomic E-state index is 0.0336. The summed E-state index contributed by atoms with van der Waals surface area (Å²) in [6, 6.07) is 6.56. The fourth-order valence-corrected chi connectivity index (χ4v) is 4.96. The van der Waals surface area contributed by atoms with Gasteiger partial charge in [0.15, 0.2) is 0 Å². The van der Waals surface area contributed by atoms with E-state index in [1.165, 1.54) is 25.0 Å². The zero-order valence-electron chi connectivity index (χ0n) is 16.5. The standard InChI is InChI=1S/C22H31FN2O3/c23-19-7-5-18(6-8-19)21(17-3-1-2-4-17)24-20(26)15-25-11-14-28-22(16-25)9-12-27-13-10-22/h5-8,17,21H,1-4,9-16H2,(H,24,26). The van der Waals surface area contributed by atoms with Gasteiger partial charge in [0, 0.05) is 39.1 Å². The highest BCUT2D eigenvalue weighted by atomic mass is 19.1. The molecule has 2 saturated heterocycles. The third-order valence-corrected chi connectivity index (χ3v) is 6.52. The number of carbonyl (C=O) groups excluding carboxylic acids is 1. The van der Waals surface area contributed by atoms with Gasteiger partial charge in [-0.2, -0.15) is 0 Å². The molecule has 154 valence electrons. The Morgan fingerprint density at radius 1 is 1.18 bits per heavy atom. The van der Waals surface area contributed by atoms with Gasteiger partial charge in [0.25, 0.3) is 0 Å². The van der Waals surface area contributed by atoms with Crippen LogP contribution in [0, 0.1) is 11.7 Å². The molecule has 6 heteroatoms. The van der Waals surface area contributed by atoms with Crippen LogP contribution < -0.4 is 5.32 Å². The van der Waals surface area contributed by atoms with Crippen molar-refractivity contribution in [2.45, 2.75) is 50.2 Å². The van der Waals surface area contributed by atoms with E-state index in [1.807, 2.05) is 12.1 Å². The molecule has 1 unspecified atom stereocenters. The number of carbonyl (C=O) groups is 1. The van der Waals surface area contributed by atoms with Crippen LogP contribution in [-0.2, 0) is 14.3 Å². The van der Waals surface area contributed by atoms with Gasteiger partial charge in [-0.05, 0) is 36.5 Å². The first kappa shape index (κ1) is 19.8. The number of nitrogens with one attached hydrogen (secondary N) is 1. The van der Waals surface area contributed by atoms with Gasteiger partial charge in [-0.1, -0.05) is 25.0 Å². The number of rotatable bonds is 5. The molecule has 1 spiro atoms. The SMILES string of the molecule is O=C(CN1CCOC2(CCOCC2)C1)NC(c1ccc(F)cc1)C1CCCC1. The van der Waals surface area contributed by atoms with E-state index < -0.39 is 0 Å². The average Bonchev–Trinajstić information content (AvgIpc) is 3.22. The van der Waals surface area contributed by atoms with Crippen molar-refractivity contribution >= 4 is 5.91 Å². The largest absolute Gasteiger partial charge is 0.381 e. The molecule has 28 heavy (non-hydrogen) atoms. The Labute approximate surface area is 166 Å². The zero-order valence-corrected chi connectivity index (χ0v) is 16.5. The summed E-state index contributed by atoms with van der Waals surface area (Å²) in [6.45, 7) is 4.07. The van der Waals surface area contributed by atoms with Gasteiger partial charge >= 0.3 is 0 Å². The molecule has 3 aliphatic rings. The van der Waals surface area contributed by atoms with Crippen molar-refractivity contribution in [1.29, 1.82) is 0 Å². The monoisotopic (exact) mass is 390 g/mol. The predicted molar refractivity (Wildman–Crippen MR) is 104 cm³/mol. The molecule has 0 aromatic heterocycles. The first-order chi connectivity index (χ1) is 13.6. The third-order valence-electron chi connectivity index (χ3n) is 6.52. The summed E-state index contributed by atoms with van der Waals surface area (Å²) in [7, 11) is 0. The first-order valence-electron chi connectivity index (χ1n) is 10.6. The summed E-state index contributed by atoms with van der Waals surface area (Å²) >= 11 is 0. The van der Waals surface area contributed by atoms with E-state index >= 15 is 0 Å². The van der Waals surface area contributed by atoms with Gasteiger partial charge in [0.05, 0.1) is 24.8 Å². The Bertz CT molecular complexity index is 649. The summed E-state index contributed by atoms with van der Waals surface area (Å²) in [5.41, 5.74) is 0.850. The number of ether oxygens (including phenoxy) is 2. The van der Waals surface area contributed by atoms with Crippen LogP contribution in [0.2, 0.25) is 0 Å². The van der Waals surface area contributed by atoms with Gasteiger partial charge in [0.2, 0.25) is 5.91 Å².